The maximum atomic E-state index is 12.3. The largest absolute Gasteiger partial charge is 0.477 e. The lowest BCUT2D eigenvalue weighted by molar-refractivity contribution is 0.0601. The van der Waals surface area contributed by atoms with E-state index in [-0.39, 0.29) is 17.5 Å². The summed E-state index contributed by atoms with van der Waals surface area (Å²) in [6, 6.07) is 1.52. The second-order valence-corrected chi connectivity index (χ2v) is 8.17. The third-order valence-corrected chi connectivity index (χ3v) is 6.39. The molecule has 1 aromatic heterocycles. The molecular weight excluding hydrogens is 328 g/mol. The third-order valence-electron chi connectivity index (χ3n) is 3.75. The fraction of sp³-hybridized carbons (Fsp3) is 0.615. The first-order valence-electron chi connectivity index (χ1n) is 6.93. The molecule has 9 heteroatoms. The number of thiophene rings is 1. The Kier molecular flexibility index (Phi) is 5.56. The zero-order valence-corrected chi connectivity index (χ0v) is 14.2. The van der Waals surface area contributed by atoms with Crippen LogP contribution in [0.3, 0.4) is 0 Å². The van der Waals surface area contributed by atoms with Gasteiger partial charge in [-0.25, -0.2) is 4.79 Å². The summed E-state index contributed by atoms with van der Waals surface area (Å²) in [5.41, 5.74) is 0.692. The Hall–Kier alpha value is -1.00. The number of aryl methyl sites for hydroxylation is 1. The Balaban J connectivity index is 1.97. The quantitative estimate of drug-likeness (QED) is 0.805. The number of methoxy groups -OCH3 is 1. The van der Waals surface area contributed by atoms with Crippen molar-refractivity contribution < 1.29 is 23.1 Å². The van der Waals surface area contributed by atoms with Crippen molar-refractivity contribution in [3.8, 4) is 0 Å². The molecule has 1 fully saturated rings. The number of carbonyl (C=O) groups is 1. The van der Waals surface area contributed by atoms with Crippen LogP contribution >= 0.6 is 11.3 Å². The minimum Gasteiger partial charge on any atom is -0.477 e. The standard InChI is InChI=1S/C13H20N2O5S2/c1-9-10(7-12(21-9)13(16)17)8-14-22(18,19)15-5-3-11(20-2)4-6-15/h7,11,14H,3-6,8H2,1-2H3,(H,16,17). The predicted molar refractivity (Wildman–Crippen MR) is 83.4 cm³/mol. The zero-order chi connectivity index (χ0) is 16.3. The van der Waals surface area contributed by atoms with E-state index in [1.165, 1.54) is 10.4 Å². The van der Waals surface area contributed by atoms with Crippen molar-refractivity contribution in [1.29, 1.82) is 0 Å². The van der Waals surface area contributed by atoms with Gasteiger partial charge in [0.1, 0.15) is 4.88 Å². The molecule has 0 saturated carbocycles. The van der Waals surface area contributed by atoms with E-state index in [2.05, 4.69) is 4.72 Å². The molecule has 1 aliphatic rings. The number of ether oxygens (including phenoxy) is 1. The lowest BCUT2D eigenvalue weighted by Gasteiger charge is -2.30. The number of piperidine rings is 1. The maximum Gasteiger partial charge on any atom is 0.345 e. The molecule has 22 heavy (non-hydrogen) atoms. The Morgan fingerprint density at radius 3 is 2.64 bits per heavy atom. The van der Waals surface area contributed by atoms with Crippen molar-refractivity contribution in [2.75, 3.05) is 20.2 Å². The summed E-state index contributed by atoms with van der Waals surface area (Å²) < 4.78 is 33.7. The van der Waals surface area contributed by atoms with Crippen LogP contribution in [0.1, 0.15) is 33.0 Å². The van der Waals surface area contributed by atoms with Gasteiger partial charge in [-0.3, -0.25) is 0 Å². The zero-order valence-electron chi connectivity index (χ0n) is 12.5. The predicted octanol–water partition coefficient (Wildman–Crippen LogP) is 1.20. The first-order chi connectivity index (χ1) is 10.3. The molecular formula is C13H20N2O5S2. The Morgan fingerprint density at radius 1 is 1.50 bits per heavy atom. The average Bonchev–Trinajstić information content (AvgIpc) is 2.87. The van der Waals surface area contributed by atoms with Crippen molar-refractivity contribution in [2.24, 2.45) is 0 Å². The topological polar surface area (TPSA) is 95.9 Å². The molecule has 0 spiro atoms. The van der Waals surface area contributed by atoms with Gasteiger partial charge in [0.15, 0.2) is 0 Å². The minimum atomic E-state index is -3.56. The molecule has 0 atom stereocenters. The van der Waals surface area contributed by atoms with Crippen molar-refractivity contribution in [2.45, 2.75) is 32.4 Å². The van der Waals surface area contributed by atoms with Crippen LogP contribution in [0.2, 0.25) is 0 Å². The SMILES string of the molecule is COC1CCN(S(=O)(=O)NCc2cc(C(=O)O)sc2C)CC1. The molecule has 0 amide bonds. The Bertz CT molecular complexity index is 633. The molecule has 0 bridgehead atoms. The lowest BCUT2D eigenvalue weighted by Crippen LogP contribution is -2.46. The lowest BCUT2D eigenvalue weighted by atomic mass is 10.1. The van der Waals surface area contributed by atoms with Crippen molar-refractivity contribution >= 4 is 27.5 Å². The van der Waals surface area contributed by atoms with E-state index in [0.717, 1.165) is 16.2 Å². The number of hydrogen-bond donors (Lipinski definition) is 2. The molecule has 1 saturated heterocycles. The highest BCUT2D eigenvalue weighted by atomic mass is 32.2. The molecule has 0 unspecified atom stereocenters. The summed E-state index contributed by atoms with van der Waals surface area (Å²) in [7, 11) is -1.92. The highest BCUT2D eigenvalue weighted by Crippen LogP contribution is 2.22. The molecule has 124 valence electrons. The van der Waals surface area contributed by atoms with E-state index in [1.54, 1.807) is 14.0 Å². The van der Waals surface area contributed by atoms with E-state index in [4.69, 9.17) is 9.84 Å². The van der Waals surface area contributed by atoms with Crippen LogP contribution < -0.4 is 4.72 Å². The monoisotopic (exact) mass is 348 g/mol. The first kappa shape index (κ1) is 17.4. The van der Waals surface area contributed by atoms with Gasteiger partial charge in [-0.05, 0) is 31.4 Å². The normalized spacial score (nSPS) is 17.7. The molecule has 2 rings (SSSR count). The average molecular weight is 348 g/mol. The number of rotatable bonds is 6. The molecule has 2 heterocycles. The van der Waals surface area contributed by atoms with Crippen molar-refractivity contribution in [3.63, 3.8) is 0 Å². The van der Waals surface area contributed by atoms with Gasteiger partial charge in [-0.2, -0.15) is 17.4 Å². The molecule has 7 nitrogen and oxygen atoms in total. The van der Waals surface area contributed by atoms with Crippen LogP contribution in [0, 0.1) is 6.92 Å². The van der Waals surface area contributed by atoms with Gasteiger partial charge in [0.05, 0.1) is 6.10 Å². The number of nitrogens with one attached hydrogen (secondary N) is 1. The van der Waals surface area contributed by atoms with Crippen LogP contribution in [-0.2, 0) is 21.5 Å². The fourth-order valence-corrected chi connectivity index (χ4v) is 4.46. The van der Waals surface area contributed by atoms with Crippen LogP contribution in [0.5, 0.6) is 0 Å². The van der Waals surface area contributed by atoms with Crippen molar-refractivity contribution in [3.05, 3.63) is 21.4 Å². The van der Waals surface area contributed by atoms with E-state index in [1.807, 2.05) is 0 Å². The third kappa shape index (κ3) is 4.05. The summed E-state index contributed by atoms with van der Waals surface area (Å²) >= 11 is 1.15. The van der Waals surface area contributed by atoms with Gasteiger partial charge >= 0.3 is 5.97 Å². The van der Waals surface area contributed by atoms with E-state index in [9.17, 15) is 13.2 Å². The highest BCUT2D eigenvalue weighted by molar-refractivity contribution is 7.87. The maximum absolute atomic E-state index is 12.3. The molecule has 0 aromatic carbocycles. The fourth-order valence-electron chi connectivity index (χ4n) is 2.37. The van der Waals surface area contributed by atoms with E-state index >= 15 is 0 Å². The number of carboxylic acid groups (broad SMARTS) is 1. The van der Waals surface area contributed by atoms with Crippen LogP contribution in [-0.4, -0.2) is 50.1 Å². The van der Waals surface area contributed by atoms with Crippen LogP contribution in [0.4, 0.5) is 0 Å². The van der Waals surface area contributed by atoms with E-state index in [0.29, 0.717) is 31.5 Å². The van der Waals surface area contributed by atoms with Gasteiger partial charge in [-0.1, -0.05) is 0 Å². The number of carboxylic acids is 1. The van der Waals surface area contributed by atoms with Gasteiger partial charge in [0.2, 0.25) is 0 Å². The number of hydrogen-bond acceptors (Lipinski definition) is 5. The second-order valence-electron chi connectivity index (χ2n) is 5.16. The van der Waals surface area contributed by atoms with Gasteiger partial charge in [0.25, 0.3) is 10.2 Å². The first-order valence-corrected chi connectivity index (χ1v) is 9.19. The Labute approximate surface area is 134 Å². The highest BCUT2D eigenvalue weighted by Gasteiger charge is 2.27. The van der Waals surface area contributed by atoms with Crippen molar-refractivity contribution in [1.82, 2.24) is 9.03 Å². The van der Waals surface area contributed by atoms with Gasteiger partial charge < -0.3 is 9.84 Å². The smallest absolute Gasteiger partial charge is 0.345 e. The van der Waals surface area contributed by atoms with Gasteiger partial charge in [0, 0.05) is 31.6 Å². The Morgan fingerprint density at radius 2 is 2.14 bits per heavy atom. The van der Waals surface area contributed by atoms with Crippen LogP contribution in [0.15, 0.2) is 6.07 Å². The minimum absolute atomic E-state index is 0.0994. The summed E-state index contributed by atoms with van der Waals surface area (Å²) in [6.45, 7) is 2.74. The van der Waals surface area contributed by atoms with Crippen LogP contribution in [0.25, 0.3) is 0 Å². The number of aromatic carboxylic acids is 1. The van der Waals surface area contributed by atoms with Gasteiger partial charge in [-0.15, -0.1) is 11.3 Å². The second kappa shape index (κ2) is 7.05. The molecule has 0 aliphatic carbocycles. The molecule has 1 aromatic rings. The summed E-state index contributed by atoms with van der Waals surface area (Å²) in [6.07, 6.45) is 1.47. The summed E-state index contributed by atoms with van der Waals surface area (Å²) in [4.78, 5) is 11.9. The molecule has 1 aliphatic heterocycles. The van der Waals surface area contributed by atoms with E-state index < -0.39 is 16.2 Å². The summed E-state index contributed by atoms with van der Waals surface area (Å²) in [5, 5.41) is 8.95. The molecule has 0 radical (unpaired) electrons. The summed E-state index contributed by atoms with van der Waals surface area (Å²) in [5.74, 6) is -0.996. The molecule has 2 N–H and O–H groups in total. The number of nitrogens with zero attached hydrogens (tertiary/aromatic N) is 1.